The summed E-state index contributed by atoms with van der Waals surface area (Å²) in [6.45, 7) is 3.56. The summed E-state index contributed by atoms with van der Waals surface area (Å²) in [5.74, 6) is 0.474. The van der Waals surface area contributed by atoms with Gasteiger partial charge in [-0.3, -0.25) is 19.5 Å². The second-order valence-corrected chi connectivity index (χ2v) is 10.1. The Morgan fingerprint density at radius 3 is 2.75 bits per heavy atom. The molecule has 1 atom stereocenters. The molecule has 40 heavy (non-hydrogen) atoms. The molecule has 4 aromatic rings. The molecule has 0 saturated carbocycles. The molecule has 0 spiro atoms. The van der Waals surface area contributed by atoms with E-state index in [0.29, 0.717) is 32.1 Å². The van der Waals surface area contributed by atoms with E-state index in [2.05, 4.69) is 4.99 Å². The van der Waals surface area contributed by atoms with Crippen molar-refractivity contribution < 1.29 is 23.6 Å². The largest absolute Gasteiger partial charge is 0.496 e. The van der Waals surface area contributed by atoms with Crippen LogP contribution in [0.25, 0.3) is 17.4 Å². The van der Waals surface area contributed by atoms with Crippen LogP contribution >= 0.6 is 22.9 Å². The van der Waals surface area contributed by atoms with E-state index in [1.54, 1.807) is 50.2 Å². The van der Waals surface area contributed by atoms with Crippen molar-refractivity contribution in [2.24, 2.45) is 4.99 Å². The molecule has 0 aliphatic carbocycles. The Kier molecular flexibility index (Phi) is 7.42. The zero-order valence-corrected chi connectivity index (χ0v) is 23.1. The van der Waals surface area contributed by atoms with Crippen LogP contribution in [0.15, 0.2) is 80.1 Å². The number of nitro groups is 1. The number of thiazole rings is 1. The van der Waals surface area contributed by atoms with Gasteiger partial charge < -0.3 is 13.9 Å². The first-order chi connectivity index (χ1) is 19.2. The lowest BCUT2D eigenvalue weighted by molar-refractivity contribution is -0.384. The minimum Gasteiger partial charge on any atom is -0.496 e. The Morgan fingerprint density at radius 1 is 1.25 bits per heavy atom. The van der Waals surface area contributed by atoms with Gasteiger partial charge in [-0.2, -0.15) is 0 Å². The van der Waals surface area contributed by atoms with E-state index in [1.807, 2.05) is 0 Å². The lowest BCUT2D eigenvalue weighted by Gasteiger charge is -2.25. The van der Waals surface area contributed by atoms with E-state index in [9.17, 15) is 19.7 Å². The van der Waals surface area contributed by atoms with Crippen molar-refractivity contribution in [3.63, 3.8) is 0 Å². The minimum atomic E-state index is -0.836. The first kappa shape index (κ1) is 27.1. The number of esters is 1. The predicted octanol–water partition coefficient (Wildman–Crippen LogP) is 4.63. The molecule has 204 valence electrons. The molecule has 1 aliphatic heterocycles. The number of fused-ring (bicyclic) bond motifs is 1. The highest BCUT2D eigenvalue weighted by Gasteiger charge is 2.35. The summed E-state index contributed by atoms with van der Waals surface area (Å²) < 4.78 is 18.5. The summed E-state index contributed by atoms with van der Waals surface area (Å²) in [7, 11) is 1.52. The molecular weight excluding hydrogens is 558 g/mol. The van der Waals surface area contributed by atoms with Gasteiger partial charge in [0.2, 0.25) is 0 Å². The quantitative estimate of drug-likeness (QED) is 0.177. The number of furan rings is 1. The van der Waals surface area contributed by atoms with E-state index >= 15 is 0 Å². The molecule has 0 saturated heterocycles. The highest BCUT2D eigenvalue weighted by molar-refractivity contribution is 7.07. The molecule has 2 aromatic carbocycles. The number of hydrogen-bond donors (Lipinski definition) is 0. The SMILES string of the molecule is CCOC(=O)C1=C(C)N=c2s/c(=C/c3ccc(-c4ccc(Cl)cc4[N+](=O)[O-])o3)c(=O)n2[C@H]1c1ccccc1OC. The van der Waals surface area contributed by atoms with E-state index in [-0.39, 0.29) is 34.2 Å². The number of methoxy groups -OCH3 is 1. The highest BCUT2D eigenvalue weighted by atomic mass is 35.5. The number of para-hydroxylation sites is 1. The summed E-state index contributed by atoms with van der Waals surface area (Å²) in [6, 6.07) is 13.8. The second kappa shape index (κ2) is 10.9. The Bertz CT molecular complexity index is 1870. The van der Waals surface area contributed by atoms with Crippen LogP contribution in [-0.2, 0) is 9.53 Å². The standard InChI is InChI=1S/C28H22ClN3O7S/c1-4-38-27(34)24-15(2)30-28-31(25(24)19-7-5-6-8-21(19)37-3)26(33)23(40-28)14-17-10-12-22(39-17)18-11-9-16(29)13-20(18)32(35)36/h5-14,25H,4H2,1-3H3/b23-14+/t25-/m0/s1. The topological polar surface area (TPSA) is 126 Å². The average Bonchev–Trinajstić information content (AvgIpc) is 3.52. The number of carbonyl (C=O) groups is 1. The van der Waals surface area contributed by atoms with Gasteiger partial charge in [0.1, 0.15) is 23.3 Å². The number of ether oxygens (including phenoxy) is 2. The van der Waals surface area contributed by atoms with Crippen LogP contribution < -0.4 is 19.6 Å². The normalized spacial score (nSPS) is 15.0. The summed E-state index contributed by atoms with van der Waals surface area (Å²) in [5.41, 5.74) is 0.917. The molecule has 3 heterocycles. The predicted molar refractivity (Wildman–Crippen MR) is 149 cm³/mol. The average molecular weight is 580 g/mol. The lowest BCUT2D eigenvalue weighted by Crippen LogP contribution is -2.40. The number of rotatable bonds is 7. The lowest BCUT2D eigenvalue weighted by atomic mass is 9.95. The first-order valence-corrected chi connectivity index (χ1v) is 13.3. The maximum Gasteiger partial charge on any atom is 0.338 e. The fourth-order valence-corrected chi connectivity index (χ4v) is 5.74. The third-order valence-corrected chi connectivity index (χ3v) is 7.49. The van der Waals surface area contributed by atoms with Crippen LogP contribution in [0, 0.1) is 10.1 Å². The molecule has 12 heteroatoms. The zero-order valence-electron chi connectivity index (χ0n) is 21.5. The van der Waals surface area contributed by atoms with Crippen molar-refractivity contribution >= 4 is 40.7 Å². The van der Waals surface area contributed by atoms with Gasteiger partial charge in [0.05, 0.1) is 40.0 Å². The summed E-state index contributed by atoms with van der Waals surface area (Å²) in [4.78, 5) is 42.8. The third-order valence-electron chi connectivity index (χ3n) is 6.27. The van der Waals surface area contributed by atoms with Crippen LogP contribution in [0.5, 0.6) is 5.75 Å². The van der Waals surface area contributed by atoms with E-state index in [1.165, 1.54) is 36.0 Å². The van der Waals surface area contributed by atoms with Crippen LogP contribution in [0.3, 0.4) is 0 Å². The number of aromatic nitrogens is 1. The summed E-state index contributed by atoms with van der Waals surface area (Å²) in [6.07, 6.45) is 1.54. The number of nitrogens with zero attached hydrogens (tertiary/aromatic N) is 3. The Morgan fingerprint density at radius 2 is 2.02 bits per heavy atom. The maximum absolute atomic E-state index is 13.8. The van der Waals surface area contributed by atoms with Gasteiger partial charge in [0, 0.05) is 22.7 Å². The van der Waals surface area contributed by atoms with Gasteiger partial charge in [0.15, 0.2) is 4.80 Å². The zero-order chi connectivity index (χ0) is 28.6. The van der Waals surface area contributed by atoms with Crippen molar-refractivity contribution in [2.45, 2.75) is 19.9 Å². The Labute approximate surface area is 236 Å². The molecule has 10 nitrogen and oxygen atoms in total. The Hall–Kier alpha value is -4.48. The summed E-state index contributed by atoms with van der Waals surface area (Å²) in [5, 5.41) is 11.8. The maximum atomic E-state index is 13.8. The molecular formula is C28H22ClN3O7S. The van der Waals surface area contributed by atoms with E-state index in [0.717, 1.165) is 11.3 Å². The van der Waals surface area contributed by atoms with Gasteiger partial charge in [-0.15, -0.1) is 0 Å². The van der Waals surface area contributed by atoms with Crippen molar-refractivity contribution in [1.29, 1.82) is 0 Å². The fraction of sp³-hybridized carbons (Fsp3) is 0.179. The number of nitro benzene ring substituents is 1. The van der Waals surface area contributed by atoms with Gasteiger partial charge in [0.25, 0.3) is 11.2 Å². The van der Waals surface area contributed by atoms with Crippen LogP contribution in [-0.4, -0.2) is 29.2 Å². The molecule has 0 radical (unpaired) electrons. The number of halogens is 1. The first-order valence-electron chi connectivity index (χ1n) is 12.1. The molecule has 0 fully saturated rings. The minimum absolute atomic E-state index is 0.158. The van der Waals surface area contributed by atoms with Crippen LogP contribution in [0.2, 0.25) is 5.02 Å². The molecule has 0 unspecified atom stereocenters. The summed E-state index contributed by atoms with van der Waals surface area (Å²) >= 11 is 7.06. The number of hydrogen-bond acceptors (Lipinski definition) is 9. The molecule has 5 rings (SSSR count). The number of benzene rings is 2. The smallest absolute Gasteiger partial charge is 0.338 e. The van der Waals surface area contributed by atoms with Gasteiger partial charge in [-0.1, -0.05) is 41.1 Å². The highest BCUT2D eigenvalue weighted by Crippen LogP contribution is 2.36. The van der Waals surface area contributed by atoms with E-state index < -0.39 is 22.5 Å². The Balaban J connectivity index is 1.66. The fourth-order valence-electron chi connectivity index (χ4n) is 4.55. The number of allylic oxidation sites excluding steroid dienone is 1. The third kappa shape index (κ3) is 4.85. The van der Waals surface area contributed by atoms with Crippen molar-refractivity contribution in [3.05, 3.63) is 112 Å². The van der Waals surface area contributed by atoms with Gasteiger partial charge in [-0.05, 0) is 44.2 Å². The second-order valence-electron chi connectivity index (χ2n) is 8.66. The van der Waals surface area contributed by atoms with Gasteiger partial charge >= 0.3 is 5.97 Å². The molecule has 2 aromatic heterocycles. The molecule has 0 N–H and O–H groups in total. The van der Waals surface area contributed by atoms with Crippen molar-refractivity contribution in [3.8, 4) is 17.1 Å². The monoisotopic (exact) mass is 579 g/mol. The molecule has 0 bridgehead atoms. The molecule has 0 amide bonds. The van der Waals surface area contributed by atoms with Crippen LogP contribution in [0.1, 0.15) is 31.2 Å². The van der Waals surface area contributed by atoms with Gasteiger partial charge in [-0.25, -0.2) is 9.79 Å². The number of carbonyl (C=O) groups excluding carboxylic acids is 1. The van der Waals surface area contributed by atoms with Crippen molar-refractivity contribution in [1.82, 2.24) is 4.57 Å². The van der Waals surface area contributed by atoms with Crippen LogP contribution in [0.4, 0.5) is 5.69 Å². The van der Waals surface area contributed by atoms with Crippen molar-refractivity contribution in [2.75, 3.05) is 13.7 Å². The molecule has 1 aliphatic rings. The van der Waals surface area contributed by atoms with E-state index in [4.69, 9.17) is 25.5 Å².